The largest absolute Gasteiger partial charge is 0.212 e. The molecule has 0 aromatic carbocycles. The molecule has 78 valence electrons. The van der Waals surface area contributed by atoms with Gasteiger partial charge in [0.15, 0.2) is 0 Å². The molecule has 0 bridgehead atoms. The molecule has 0 aromatic rings. The van der Waals surface area contributed by atoms with E-state index in [1.807, 2.05) is 13.8 Å². The van der Waals surface area contributed by atoms with Crippen LogP contribution in [0.5, 0.6) is 0 Å². The van der Waals surface area contributed by atoms with E-state index in [9.17, 15) is 8.42 Å². The molecule has 1 N–H and O–H groups in total. The Labute approximate surface area is 88.8 Å². The first kappa shape index (κ1) is 13.1. The maximum Gasteiger partial charge on any atom is 0.211 e. The average Bonchev–Trinajstić information content (AvgIpc) is 1.98. The zero-order valence-corrected chi connectivity index (χ0v) is 10.4. The molecule has 0 fully saturated rings. The van der Waals surface area contributed by atoms with Crippen LogP contribution < -0.4 is 4.72 Å². The fraction of sp³-hybridized carbons (Fsp3) is 0.750. The first-order valence-corrected chi connectivity index (χ1v) is 6.58. The maximum absolute atomic E-state index is 11.3. The third-order valence-corrected chi connectivity index (χ3v) is 3.09. The van der Waals surface area contributed by atoms with Crippen LogP contribution in [0.2, 0.25) is 0 Å². The van der Waals surface area contributed by atoms with Gasteiger partial charge in [0.25, 0.3) is 0 Å². The van der Waals surface area contributed by atoms with E-state index >= 15 is 0 Å². The van der Waals surface area contributed by atoms with Crippen LogP contribution in [0.1, 0.15) is 20.3 Å². The van der Waals surface area contributed by atoms with Crippen LogP contribution in [0.4, 0.5) is 0 Å². The highest BCUT2D eigenvalue weighted by molar-refractivity contribution is 9.11. The minimum Gasteiger partial charge on any atom is -0.212 e. The number of rotatable bonds is 6. The molecule has 0 saturated heterocycles. The second-order valence-electron chi connectivity index (χ2n) is 3.34. The summed E-state index contributed by atoms with van der Waals surface area (Å²) in [5.41, 5.74) is 0. The molecule has 0 aliphatic carbocycles. The van der Waals surface area contributed by atoms with Crippen LogP contribution in [-0.4, -0.2) is 20.7 Å². The fourth-order valence-corrected chi connectivity index (χ4v) is 2.30. The molecule has 0 radical (unpaired) electrons. The first-order valence-electron chi connectivity index (χ1n) is 4.14. The molecule has 0 spiro atoms. The number of hydrogen-bond donors (Lipinski definition) is 1. The molecular formula is C8H16BrNO2S. The molecule has 0 saturated carbocycles. The third-order valence-electron chi connectivity index (χ3n) is 1.45. The van der Waals surface area contributed by atoms with Crippen molar-refractivity contribution in [1.82, 2.24) is 4.72 Å². The lowest BCUT2D eigenvalue weighted by Crippen LogP contribution is -2.27. The molecule has 0 aliphatic rings. The number of nitrogens with one attached hydrogen (secondary N) is 1. The SMILES string of the molecule is C=C(Br)CNS(=O)(=O)CCC(C)C. The van der Waals surface area contributed by atoms with E-state index in [1.54, 1.807) is 0 Å². The van der Waals surface area contributed by atoms with Crippen molar-refractivity contribution in [3.05, 3.63) is 11.1 Å². The summed E-state index contributed by atoms with van der Waals surface area (Å²) in [5.74, 6) is 0.592. The summed E-state index contributed by atoms with van der Waals surface area (Å²) < 4.78 is 25.6. The zero-order chi connectivity index (χ0) is 10.5. The quantitative estimate of drug-likeness (QED) is 0.800. The van der Waals surface area contributed by atoms with E-state index in [2.05, 4.69) is 27.2 Å². The van der Waals surface area contributed by atoms with Crippen LogP contribution in [0, 0.1) is 5.92 Å². The molecular weight excluding hydrogens is 254 g/mol. The summed E-state index contributed by atoms with van der Waals surface area (Å²) in [7, 11) is -3.11. The van der Waals surface area contributed by atoms with Gasteiger partial charge in [-0.15, -0.1) is 0 Å². The Hall–Kier alpha value is 0.130. The molecule has 0 rings (SSSR count). The monoisotopic (exact) mass is 269 g/mol. The Kier molecular flexibility index (Phi) is 5.83. The highest BCUT2D eigenvalue weighted by Gasteiger charge is 2.10. The van der Waals surface area contributed by atoms with Crippen molar-refractivity contribution in [2.24, 2.45) is 5.92 Å². The van der Waals surface area contributed by atoms with Crippen LogP contribution >= 0.6 is 15.9 Å². The van der Waals surface area contributed by atoms with Gasteiger partial charge in [0, 0.05) is 11.0 Å². The van der Waals surface area contributed by atoms with E-state index in [0.717, 1.165) is 0 Å². The standard InChI is InChI=1S/C8H16BrNO2S/c1-7(2)4-5-13(11,12)10-6-8(3)9/h7,10H,3-6H2,1-2H3. The second kappa shape index (κ2) is 5.78. The van der Waals surface area contributed by atoms with Crippen molar-refractivity contribution >= 4 is 26.0 Å². The summed E-state index contributed by atoms with van der Waals surface area (Å²) in [6.45, 7) is 7.81. The Morgan fingerprint density at radius 1 is 1.54 bits per heavy atom. The topological polar surface area (TPSA) is 46.2 Å². The van der Waals surface area contributed by atoms with Crippen molar-refractivity contribution in [3.63, 3.8) is 0 Å². The molecule has 0 heterocycles. The summed E-state index contributed by atoms with van der Waals surface area (Å²) in [5, 5.41) is 0. The van der Waals surface area contributed by atoms with Gasteiger partial charge >= 0.3 is 0 Å². The predicted octanol–water partition coefficient (Wildman–Crippen LogP) is 1.86. The van der Waals surface area contributed by atoms with Crippen LogP contribution in [-0.2, 0) is 10.0 Å². The van der Waals surface area contributed by atoms with E-state index in [0.29, 0.717) is 16.8 Å². The van der Waals surface area contributed by atoms with Gasteiger partial charge in [0.1, 0.15) is 0 Å². The molecule has 0 unspecified atom stereocenters. The molecule has 3 nitrogen and oxygen atoms in total. The van der Waals surface area contributed by atoms with Crippen molar-refractivity contribution in [2.45, 2.75) is 20.3 Å². The van der Waals surface area contributed by atoms with Gasteiger partial charge in [-0.2, -0.15) is 0 Å². The lowest BCUT2D eigenvalue weighted by molar-refractivity contribution is 0.565. The van der Waals surface area contributed by atoms with Crippen molar-refractivity contribution in [3.8, 4) is 0 Å². The number of hydrogen-bond acceptors (Lipinski definition) is 2. The average molecular weight is 270 g/mol. The Morgan fingerprint density at radius 3 is 2.46 bits per heavy atom. The first-order chi connectivity index (χ1) is 5.83. The molecule has 0 atom stereocenters. The molecule has 5 heteroatoms. The van der Waals surface area contributed by atoms with E-state index < -0.39 is 10.0 Å². The molecule has 0 aliphatic heterocycles. The predicted molar refractivity (Wildman–Crippen MR) is 59.3 cm³/mol. The van der Waals surface area contributed by atoms with Crippen LogP contribution in [0.15, 0.2) is 11.1 Å². The van der Waals surface area contributed by atoms with Crippen LogP contribution in [0.25, 0.3) is 0 Å². The van der Waals surface area contributed by atoms with Gasteiger partial charge < -0.3 is 0 Å². The van der Waals surface area contributed by atoms with Crippen LogP contribution in [0.3, 0.4) is 0 Å². The highest BCUT2D eigenvalue weighted by Crippen LogP contribution is 2.03. The number of sulfonamides is 1. The van der Waals surface area contributed by atoms with Gasteiger partial charge in [0.2, 0.25) is 10.0 Å². The molecule has 13 heavy (non-hydrogen) atoms. The lowest BCUT2D eigenvalue weighted by atomic mass is 10.2. The summed E-state index contributed by atoms with van der Waals surface area (Å²) in [6, 6.07) is 0. The normalized spacial score (nSPS) is 12.0. The van der Waals surface area contributed by atoms with Crippen molar-refractivity contribution < 1.29 is 8.42 Å². The van der Waals surface area contributed by atoms with Gasteiger partial charge in [-0.3, -0.25) is 0 Å². The van der Waals surface area contributed by atoms with Crippen molar-refractivity contribution in [1.29, 1.82) is 0 Å². The van der Waals surface area contributed by atoms with Gasteiger partial charge in [-0.1, -0.05) is 36.4 Å². The van der Waals surface area contributed by atoms with Gasteiger partial charge in [0.05, 0.1) is 5.75 Å². The molecule has 0 amide bonds. The lowest BCUT2D eigenvalue weighted by Gasteiger charge is -2.07. The fourth-order valence-electron chi connectivity index (χ4n) is 0.651. The summed E-state index contributed by atoms with van der Waals surface area (Å²) in [6.07, 6.45) is 0.685. The Bertz CT molecular complexity index is 259. The summed E-state index contributed by atoms with van der Waals surface area (Å²) in [4.78, 5) is 0. The summed E-state index contributed by atoms with van der Waals surface area (Å²) >= 11 is 3.09. The van der Waals surface area contributed by atoms with Crippen molar-refractivity contribution in [2.75, 3.05) is 12.3 Å². The maximum atomic E-state index is 11.3. The van der Waals surface area contributed by atoms with Gasteiger partial charge in [-0.05, 0) is 12.3 Å². The number of halogens is 1. The van der Waals surface area contributed by atoms with Gasteiger partial charge in [-0.25, -0.2) is 13.1 Å². The van der Waals surface area contributed by atoms with E-state index in [4.69, 9.17) is 0 Å². The minimum atomic E-state index is -3.11. The Balaban J connectivity index is 3.88. The zero-order valence-electron chi connectivity index (χ0n) is 8.01. The van der Waals surface area contributed by atoms with E-state index in [1.165, 1.54) is 0 Å². The van der Waals surface area contributed by atoms with E-state index in [-0.39, 0.29) is 12.3 Å². The highest BCUT2D eigenvalue weighted by atomic mass is 79.9. The molecule has 0 aromatic heterocycles. The minimum absolute atomic E-state index is 0.185. The third kappa shape index (κ3) is 8.46. The second-order valence-corrected chi connectivity index (χ2v) is 6.39. The smallest absolute Gasteiger partial charge is 0.211 e. The Morgan fingerprint density at radius 2 is 2.08 bits per heavy atom.